The second kappa shape index (κ2) is 9.54. The van der Waals surface area contributed by atoms with Crippen molar-refractivity contribution in [2.75, 3.05) is 5.75 Å². The molecule has 2 aromatic carbocycles. The van der Waals surface area contributed by atoms with Gasteiger partial charge >= 0.3 is 0 Å². The zero-order valence-electron chi connectivity index (χ0n) is 15.5. The molecule has 0 unspecified atom stereocenters. The normalized spacial score (nSPS) is 11.9. The van der Waals surface area contributed by atoms with E-state index >= 15 is 0 Å². The highest BCUT2D eigenvalue weighted by Gasteiger charge is 2.18. The van der Waals surface area contributed by atoms with Crippen LogP contribution >= 0.6 is 23.1 Å². The van der Waals surface area contributed by atoms with Gasteiger partial charge in [0.25, 0.3) is 5.22 Å². The van der Waals surface area contributed by atoms with Gasteiger partial charge in [0.1, 0.15) is 0 Å². The van der Waals surface area contributed by atoms with Crippen LogP contribution < -0.4 is 5.32 Å². The van der Waals surface area contributed by atoms with E-state index in [1.807, 2.05) is 78.2 Å². The summed E-state index contributed by atoms with van der Waals surface area (Å²) in [6, 6.07) is 23.8. The molecule has 5 nitrogen and oxygen atoms in total. The fourth-order valence-electron chi connectivity index (χ4n) is 2.89. The van der Waals surface area contributed by atoms with Crippen molar-refractivity contribution < 1.29 is 9.21 Å². The Balaban J connectivity index is 1.35. The first-order chi connectivity index (χ1) is 14.3. The fourth-order valence-corrected chi connectivity index (χ4v) is 4.28. The Kier molecular flexibility index (Phi) is 6.38. The monoisotopic (exact) mass is 421 g/mol. The number of amides is 1. The van der Waals surface area contributed by atoms with Gasteiger partial charge in [0.05, 0.1) is 18.2 Å². The maximum atomic E-state index is 12.6. The minimum Gasteiger partial charge on any atom is -0.416 e. The van der Waals surface area contributed by atoms with Gasteiger partial charge in [-0.15, -0.1) is 21.5 Å². The van der Waals surface area contributed by atoms with Crippen LogP contribution in [0.1, 0.15) is 27.9 Å². The molecule has 0 spiro atoms. The molecule has 0 saturated heterocycles. The first-order valence-electron chi connectivity index (χ1n) is 9.15. The van der Waals surface area contributed by atoms with Gasteiger partial charge in [-0.05, 0) is 22.6 Å². The maximum Gasteiger partial charge on any atom is 0.277 e. The molecule has 2 heterocycles. The molecular weight excluding hydrogens is 402 g/mol. The molecule has 7 heteroatoms. The number of hydrogen-bond donors (Lipinski definition) is 1. The van der Waals surface area contributed by atoms with Gasteiger partial charge in [-0.25, -0.2) is 0 Å². The molecule has 146 valence electrons. The number of nitrogens with zero attached hydrogens (tertiary/aromatic N) is 2. The van der Waals surface area contributed by atoms with E-state index < -0.39 is 0 Å². The molecule has 0 radical (unpaired) electrons. The molecule has 4 rings (SSSR count). The molecule has 0 aliphatic carbocycles. The summed E-state index contributed by atoms with van der Waals surface area (Å²) in [5.74, 6) is 0.668. The van der Waals surface area contributed by atoms with Crippen molar-refractivity contribution in [2.24, 2.45) is 0 Å². The topological polar surface area (TPSA) is 68.0 Å². The molecule has 0 fully saturated rings. The largest absolute Gasteiger partial charge is 0.416 e. The van der Waals surface area contributed by atoms with Crippen LogP contribution in [0.15, 0.2) is 87.8 Å². The lowest BCUT2D eigenvalue weighted by molar-refractivity contribution is -0.119. The zero-order chi connectivity index (χ0) is 19.9. The molecule has 1 amide bonds. The third kappa shape index (κ3) is 5.34. The van der Waals surface area contributed by atoms with Gasteiger partial charge in [0.2, 0.25) is 11.8 Å². The summed E-state index contributed by atoms with van der Waals surface area (Å²) in [4.78, 5) is 13.7. The average Bonchev–Trinajstić information content (AvgIpc) is 3.44. The van der Waals surface area contributed by atoms with E-state index in [0.29, 0.717) is 17.5 Å². The Morgan fingerprint density at radius 3 is 2.48 bits per heavy atom. The van der Waals surface area contributed by atoms with Crippen LogP contribution in [0.5, 0.6) is 0 Å². The first kappa shape index (κ1) is 19.4. The summed E-state index contributed by atoms with van der Waals surface area (Å²) in [5, 5.41) is 13.6. The Morgan fingerprint density at radius 2 is 1.76 bits per heavy atom. The van der Waals surface area contributed by atoms with Crippen molar-refractivity contribution in [3.05, 3.63) is 100 Å². The van der Waals surface area contributed by atoms with Gasteiger partial charge in [-0.1, -0.05) is 78.5 Å². The van der Waals surface area contributed by atoms with Crippen molar-refractivity contribution >= 4 is 29.0 Å². The predicted molar refractivity (Wildman–Crippen MR) is 115 cm³/mol. The Hall–Kier alpha value is -2.90. The highest BCUT2D eigenvalue weighted by atomic mass is 32.2. The molecule has 1 atom stereocenters. The predicted octanol–water partition coefficient (Wildman–Crippen LogP) is 4.72. The lowest BCUT2D eigenvalue weighted by Gasteiger charge is -2.17. The van der Waals surface area contributed by atoms with Gasteiger partial charge in [-0.2, -0.15) is 0 Å². The van der Waals surface area contributed by atoms with Crippen LogP contribution in [0, 0.1) is 0 Å². The third-order valence-corrected chi connectivity index (χ3v) is 5.99. The molecule has 0 bridgehead atoms. The fraction of sp³-hybridized carbons (Fsp3) is 0.136. The molecular formula is C22H19N3O2S2. The van der Waals surface area contributed by atoms with Crippen LogP contribution in [0.25, 0.3) is 0 Å². The Labute approximate surface area is 177 Å². The number of thiophene rings is 1. The second-order valence-corrected chi connectivity index (χ2v) is 8.25. The smallest absolute Gasteiger partial charge is 0.277 e. The van der Waals surface area contributed by atoms with E-state index in [1.165, 1.54) is 11.8 Å². The number of benzene rings is 2. The number of carbonyl (C=O) groups is 1. The Bertz CT molecular complexity index is 1030. The summed E-state index contributed by atoms with van der Waals surface area (Å²) in [7, 11) is 0. The highest BCUT2D eigenvalue weighted by molar-refractivity contribution is 7.99. The van der Waals surface area contributed by atoms with Crippen LogP contribution in [0.2, 0.25) is 0 Å². The average molecular weight is 422 g/mol. The number of aromatic nitrogens is 2. The van der Waals surface area contributed by atoms with E-state index in [0.717, 1.165) is 16.0 Å². The molecule has 1 N–H and O–H groups in total. The first-order valence-corrected chi connectivity index (χ1v) is 11.0. The molecule has 29 heavy (non-hydrogen) atoms. The minimum absolute atomic E-state index is 0.0833. The number of rotatable bonds is 8. The summed E-state index contributed by atoms with van der Waals surface area (Å²) < 4.78 is 5.66. The summed E-state index contributed by atoms with van der Waals surface area (Å²) in [6.07, 6.45) is 0.578. The lowest BCUT2D eigenvalue weighted by atomic mass is 10.1. The van der Waals surface area contributed by atoms with Crippen LogP contribution in [-0.4, -0.2) is 21.9 Å². The number of carbonyl (C=O) groups excluding carboxylic acids is 1. The van der Waals surface area contributed by atoms with Crippen LogP contribution in [-0.2, 0) is 11.2 Å². The molecule has 2 aromatic heterocycles. The van der Waals surface area contributed by atoms with E-state index in [4.69, 9.17) is 4.42 Å². The van der Waals surface area contributed by atoms with E-state index in [2.05, 4.69) is 15.5 Å². The van der Waals surface area contributed by atoms with Crippen LogP contribution in [0.4, 0.5) is 0 Å². The number of nitrogens with one attached hydrogen (secondary N) is 1. The van der Waals surface area contributed by atoms with Crippen molar-refractivity contribution in [2.45, 2.75) is 17.7 Å². The number of thioether (sulfide) groups is 1. The summed E-state index contributed by atoms with van der Waals surface area (Å²) in [5.41, 5.74) is 2.16. The highest BCUT2D eigenvalue weighted by Crippen LogP contribution is 2.26. The third-order valence-electron chi connectivity index (χ3n) is 4.24. The Morgan fingerprint density at radius 1 is 1.00 bits per heavy atom. The molecule has 0 saturated carbocycles. The minimum atomic E-state index is -0.166. The van der Waals surface area contributed by atoms with Gasteiger partial charge in [0, 0.05) is 4.88 Å². The van der Waals surface area contributed by atoms with E-state index in [1.54, 1.807) is 11.3 Å². The SMILES string of the molecule is O=C(CSc1nnc(Cc2ccccc2)o1)N[C@H](c1ccccc1)c1cccs1. The summed E-state index contributed by atoms with van der Waals surface area (Å²) >= 11 is 2.87. The molecule has 0 aliphatic rings. The van der Waals surface area contributed by atoms with Crippen molar-refractivity contribution in [1.82, 2.24) is 15.5 Å². The van der Waals surface area contributed by atoms with Gasteiger partial charge in [0.15, 0.2) is 0 Å². The van der Waals surface area contributed by atoms with Crippen molar-refractivity contribution in [3.8, 4) is 0 Å². The molecule has 0 aliphatic heterocycles. The standard InChI is InChI=1S/C22H19N3O2S2/c26-19(23-21(18-12-7-13-28-18)17-10-5-2-6-11-17)15-29-22-25-24-20(27-22)14-16-8-3-1-4-9-16/h1-13,21H,14-15H2,(H,23,26)/t21-/m1/s1. The lowest BCUT2D eigenvalue weighted by Crippen LogP contribution is -2.30. The number of hydrogen-bond acceptors (Lipinski definition) is 6. The van der Waals surface area contributed by atoms with Gasteiger partial charge < -0.3 is 9.73 Å². The molecule has 4 aromatic rings. The van der Waals surface area contributed by atoms with Crippen molar-refractivity contribution in [1.29, 1.82) is 0 Å². The van der Waals surface area contributed by atoms with Gasteiger partial charge in [-0.3, -0.25) is 4.79 Å². The van der Waals surface area contributed by atoms with E-state index in [9.17, 15) is 4.79 Å². The van der Waals surface area contributed by atoms with E-state index in [-0.39, 0.29) is 17.7 Å². The quantitative estimate of drug-likeness (QED) is 0.417. The zero-order valence-corrected chi connectivity index (χ0v) is 17.2. The van der Waals surface area contributed by atoms with Crippen molar-refractivity contribution in [3.63, 3.8) is 0 Å². The van der Waals surface area contributed by atoms with Crippen LogP contribution in [0.3, 0.4) is 0 Å². The maximum absolute atomic E-state index is 12.6. The summed E-state index contributed by atoms with van der Waals surface area (Å²) in [6.45, 7) is 0. The second-order valence-electron chi connectivity index (χ2n) is 6.34.